The summed E-state index contributed by atoms with van der Waals surface area (Å²) in [6.45, 7) is 3.99. The first-order valence-corrected chi connectivity index (χ1v) is 9.58. The molecule has 27 heavy (non-hydrogen) atoms. The summed E-state index contributed by atoms with van der Waals surface area (Å²) in [6.07, 6.45) is 3.55. The second-order valence-electron chi connectivity index (χ2n) is 7.92. The molecule has 3 aliphatic heterocycles. The van der Waals surface area contributed by atoms with E-state index in [2.05, 4.69) is 16.8 Å². The van der Waals surface area contributed by atoms with Crippen molar-refractivity contribution in [1.29, 1.82) is 0 Å². The first kappa shape index (κ1) is 16.7. The molecule has 6 nitrogen and oxygen atoms in total. The van der Waals surface area contributed by atoms with Gasteiger partial charge in [-0.3, -0.25) is 4.90 Å². The summed E-state index contributed by atoms with van der Waals surface area (Å²) in [4.78, 5) is 18.4. The van der Waals surface area contributed by atoms with Crippen molar-refractivity contribution in [3.05, 3.63) is 41.3 Å². The number of fused-ring (bicyclic) bond motifs is 6. The van der Waals surface area contributed by atoms with E-state index >= 15 is 0 Å². The van der Waals surface area contributed by atoms with Crippen LogP contribution in [0.2, 0.25) is 0 Å². The van der Waals surface area contributed by atoms with Gasteiger partial charge in [-0.25, -0.2) is 4.79 Å². The van der Waals surface area contributed by atoms with Crippen LogP contribution in [0, 0.1) is 11.8 Å². The number of phenolic OH excluding ortho intramolecular Hbond substituents is 1. The van der Waals surface area contributed by atoms with Crippen molar-refractivity contribution >= 4 is 16.9 Å². The SMILES string of the molecule is COC(=O)C1=COC(C)C2CN3CCc4c([nH]c5cc(O)ccc45)C3CC12. The number of aromatic nitrogens is 1. The van der Waals surface area contributed by atoms with E-state index < -0.39 is 0 Å². The number of aromatic hydroxyl groups is 1. The summed E-state index contributed by atoms with van der Waals surface area (Å²) < 4.78 is 10.8. The lowest BCUT2D eigenvalue weighted by Gasteiger charge is -2.49. The number of piperidine rings is 1. The number of carbonyl (C=O) groups excluding carboxylic acids is 1. The molecule has 1 fully saturated rings. The molecule has 0 bridgehead atoms. The lowest BCUT2D eigenvalue weighted by Crippen LogP contribution is -2.51. The number of nitrogens with one attached hydrogen (secondary N) is 1. The van der Waals surface area contributed by atoms with Gasteiger partial charge in [-0.15, -0.1) is 0 Å². The first-order valence-electron chi connectivity index (χ1n) is 9.58. The van der Waals surface area contributed by atoms with Crippen LogP contribution in [0.1, 0.15) is 30.6 Å². The van der Waals surface area contributed by atoms with Gasteiger partial charge in [-0.2, -0.15) is 0 Å². The standard InChI is InChI=1S/C21H24N2O4/c1-11-16-9-23-6-5-14-13-4-3-12(24)7-18(13)22-20(14)19(23)8-15(16)17(10-27-11)21(25)26-2/h3-4,7,10-11,15-16,19,22,24H,5-6,8-9H2,1-2H3. The molecule has 142 valence electrons. The van der Waals surface area contributed by atoms with Crippen molar-refractivity contribution in [3.8, 4) is 5.75 Å². The van der Waals surface area contributed by atoms with Gasteiger partial charge in [0.15, 0.2) is 0 Å². The van der Waals surface area contributed by atoms with E-state index in [1.54, 1.807) is 18.4 Å². The lowest BCUT2D eigenvalue weighted by molar-refractivity contribution is -0.139. The minimum atomic E-state index is -0.289. The van der Waals surface area contributed by atoms with Gasteiger partial charge in [0.05, 0.1) is 31.1 Å². The normalized spacial score (nSPS) is 29.9. The highest BCUT2D eigenvalue weighted by Gasteiger charge is 2.46. The number of benzene rings is 1. The molecule has 0 amide bonds. The van der Waals surface area contributed by atoms with E-state index in [4.69, 9.17) is 9.47 Å². The summed E-state index contributed by atoms with van der Waals surface area (Å²) in [7, 11) is 1.42. The Bertz CT molecular complexity index is 947. The zero-order valence-corrected chi connectivity index (χ0v) is 15.6. The second-order valence-corrected chi connectivity index (χ2v) is 7.92. The molecule has 0 aliphatic carbocycles. The highest BCUT2D eigenvalue weighted by Crippen LogP contribution is 2.47. The molecule has 1 saturated heterocycles. The van der Waals surface area contributed by atoms with Crippen LogP contribution in [0.25, 0.3) is 10.9 Å². The van der Waals surface area contributed by atoms with Crippen LogP contribution < -0.4 is 0 Å². The van der Waals surface area contributed by atoms with Crippen molar-refractivity contribution in [1.82, 2.24) is 9.88 Å². The molecule has 5 rings (SSSR count). The number of carbonyl (C=O) groups is 1. The lowest BCUT2D eigenvalue weighted by atomic mass is 9.72. The van der Waals surface area contributed by atoms with Gasteiger partial charge in [-0.05, 0) is 37.5 Å². The van der Waals surface area contributed by atoms with Gasteiger partial charge in [0, 0.05) is 47.6 Å². The third-order valence-electron chi connectivity index (χ3n) is 6.62. The quantitative estimate of drug-likeness (QED) is 0.757. The third-order valence-corrected chi connectivity index (χ3v) is 6.62. The van der Waals surface area contributed by atoms with E-state index in [9.17, 15) is 9.90 Å². The van der Waals surface area contributed by atoms with Crippen molar-refractivity contribution < 1.29 is 19.4 Å². The number of H-pyrrole nitrogens is 1. The summed E-state index contributed by atoms with van der Waals surface area (Å²) in [5.74, 6) is 0.405. The number of methoxy groups -OCH3 is 1. The van der Waals surface area contributed by atoms with Crippen molar-refractivity contribution in [2.24, 2.45) is 11.8 Å². The Labute approximate surface area is 157 Å². The van der Waals surface area contributed by atoms with Crippen molar-refractivity contribution in [2.45, 2.75) is 31.9 Å². The van der Waals surface area contributed by atoms with Crippen LogP contribution in [0.3, 0.4) is 0 Å². The van der Waals surface area contributed by atoms with Gasteiger partial charge in [0.1, 0.15) is 5.75 Å². The van der Waals surface area contributed by atoms with Crippen molar-refractivity contribution in [3.63, 3.8) is 0 Å². The van der Waals surface area contributed by atoms with Crippen LogP contribution in [0.15, 0.2) is 30.0 Å². The second kappa shape index (κ2) is 6.02. The van der Waals surface area contributed by atoms with Gasteiger partial charge >= 0.3 is 5.97 Å². The minimum absolute atomic E-state index is 0.0883. The highest BCUT2D eigenvalue weighted by atomic mass is 16.5. The summed E-state index contributed by atoms with van der Waals surface area (Å²) in [5.41, 5.74) is 4.20. The van der Waals surface area contributed by atoms with Crippen LogP contribution in [-0.4, -0.2) is 47.3 Å². The number of phenols is 1. The monoisotopic (exact) mass is 368 g/mol. The van der Waals surface area contributed by atoms with E-state index in [0.717, 1.165) is 31.4 Å². The molecule has 4 unspecified atom stereocenters. The number of hydrogen-bond acceptors (Lipinski definition) is 5. The van der Waals surface area contributed by atoms with E-state index in [1.807, 2.05) is 6.07 Å². The predicted molar refractivity (Wildman–Crippen MR) is 100 cm³/mol. The highest BCUT2D eigenvalue weighted by molar-refractivity contribution is 5.89. The number of esters is 1. The summed E-state index contributed by atoms with van der Waals surface area (Å²) in [6, 6.07) is 5.78. The Morgan fingerprint density at radius 1 is 1.41 bits per heavy atom. The maximum Gasteiger partial charge on any atom is 0.337 e. The molecule has 1 aromatic heterocycles. The molecular formula is C21H24N2O4. The predicted octanol–water partition coefficient (Wildman–Crippen LogP) is 2.88. The van der Waals surface area contributed by atoms with Gasteiger partial charge in [-0.1, -0.05) is 0 Å². The van der Waals surface area contributed by atoms with Crippen LogP contribution in [0.4, 0.5) is 0 Å². The number of ether oxygens (including phenoxy) is 2. The van der Waals surface area contributed by atoms with Gasteiger partial charge in [0.2, 0.25) is 0 Å². The van der Waals surface area contributed by atoms with Crippen LogP contribution in [-0.2, 0) is 20.7 Å². The Morgan fingerprint density at radius 3 is 3.07 bits per heavy atom. The number of hydrogen-bond donors (Lipinski definition) is 2. The molecule has 0 radical (unpaired) electrons. The minimum Gasteiger partial charge on any atom is -0.508 e. The Hall–Kier alpha value is -2.47. The Morgan fingerprint density at radius 2 is 2.26 bits per heavy atom. The topological polar surface area (TPSA) is 74.8 Å². The Balaban J connectivity index is 1.55. The zero-order chi connectivity index (χ0) is 18.7. The number of rotatable bonds is 1. The first-order chi connectivity index (χ1) is 13.1. The molecule has 1 aromatic carbocycles. The Kier molecular flexibility index (Phi) is 3.72. The van der Waals surface area contributed by atoms with E-state index in [0.29, 0.717) is 5.57 Å². The fourth-order valence-electron chi connectivity index (χ4n) is 5.23. The molecule has 6 heteroatoms. The van der Waals surface area contributed by atoms with Crippen LogP contribution in [0.5, 0.6) is 5.75 Å². The molecule has 4 atom stereocenters. The van der Waals surface area contributed by atoms with Crippen LogP contribution >= 0.6 is 0 Å². The van der Waals surface area contributed by atoms with Gasteiger partial charge in [0.25, 0.3) is 0 Å². The molecule has 3 aliphatic rings. The largest absolute Gasteiger partial charge is 0.508 e. The number of aromatic amines is 1. The third kappa shape index (κ3) is 2.46. The smallest absolute Gasteiger partial charge is 0.337 e. The fraction of sp³-hybridized carbons (Fsp3) is 0.476. The molecule has 4 heterocycles. The fourth-order valence-corrected chi connectivity index (χ4v) is 5.23. The average Bonchev–Trinajstić information content (AvgIpc) is 3.04. The summed E-state index contributed by atoms with van der Waals surface area (Å²) in [5, 5.41) is 11.0. The maximum atomic E-state index is 12.3. The van der Waals surface area contributed by atoms with E-state index in [-0.39, 0.29) is 35.7 Å². The number of nitrogens with zero attached hydrogens (tertiary/aromatic N) is 1. The average molecular weight is 368 g/mol. The molecule has 0 saturated carbocycles. The summed E-state index contributed by atoms with van der Waals surface area (Å²) >= 11 is 0. The van der Waals surface area contributed by atoms with E-state index in [1.165, 1.54) is 23.8 Å². The zero-order valence-electron chi connectivity index (χ0n) is 15.6. The van der Waals surface area contributed by atoms with Crippen molar-refractivity contribution in [2.75, 3.05) is 20.2 Å². The molecule has 0 spiro atoms. The molecule has 2 N–H and O–H groups in total. The van der Waals surface area contributed by atoms with Gasteiger partial charge < -0.3 is 19.6 Å². The molecule has 2 aromatic rings. The maximum absolute atomic E-state index is 12.3. The molecular weight excluding hydrogens is 344 g/mol.